The number of methoxy groups -OCH3 is 2. The average molecular weight is 257 g/mol. The van der Waals surface area contributed by atoms with Gasteiger partial charge >= 0.3 is 0 Å². The predicted octanol–water partition coefficient (Wildman–Crippen LogP) is -0.000420. The van der Waals surface area contributed by atoms with E-state index in [1.54, 1.807) is 14.2 Å². The van der Waals surface area contributed by atoms with Gasteiger partial charge in [0, 0.05) is 39.8 Å². The number of hydrogen-bond acceptors (Lipinski definition) is 5. The van der Waals surface area contributed by atoms with Crippen molar-refractivity contribution in [2.24, 2.45) is 0 Å². The minimum Gasteiger partial charge on any atom is -0.383 e. The zero-order valence-corrected chi connectivity index (χ0v) is 11.4. The van der Waals surface area contributed by atoms with Crippen molar-refractivity contribution in [2.75, 3.05) is 47.1 Å². The fourth-order valence-corrected chi connectivity index (χ4v) is 1.51. The summed E-state index contributed by atoms with van der Waals surface area (Å²) in [4.78, 5) is 13.6. The van der Waals surface area contributed by atoms with E-state index in [0.29, 0.717) is 32.7 Å². The standard InChI is InChI=1S/C12H23N3O3/c1-11(10-18-3)14-12(16)9-15(6-4-5-13)7-8-17-2/h11H,4,6-10H2,1-3H3,(H,14,16). The lowest BCUT2D eigenvalue weighted by Gasteiger charge is -2.21. The van der Waals surface area contributed by atoms with E-state index in [1.807, 2.05) is 11.8 Å². The maximum atomic E-state index is 11.7. The molecule has 0 aromatic rings. The molecule has 0 saturated carbocycles. The first-order valence-corrected chi connectivity index (χ1v) is 6.00. The van der Waals surface area contributed by atoms with Crippen LogP contribution in [0.4, 0.5) is 0 Å². The topological polar surface area (TPSA) is 74.6 Å². The van der Waals surface area contributed by atoms with E-state index < -0.39 is 0 Å². The highest BCUT2D eigenvalue weighted by Gasteiger charge is 2.12. The van der Waals surface area contributed by atoms with Crippen LogP contribution < -0.4 is 5.32 Å². The summed E-state index contributed by atoms with van der Waals surface area (Å²) in [6.45, 7) is 4.42. The van der Waals surface area contributed by atoms with Crippen LogP contribution in [0.15, 0.2) is 0 Å². The van der Waals surface area contributed by atoms with Gasteiger partial charge in [-0.2, -0.15) is 5.26 Å². The molecule has 0 saturated heterocycles. The Balaban J connectivity index is 4.04. The van der Waals surface area contributed by atoms with Crippen molar-refractivity contribution in [1.82, 2.24) is 10.2 Å². The van der Waals surface area contributed by atoms with E-state index in [0.717, 1.165) is 0 Å². The third-order valence-corrected chi connectivity index (χ3v) is 2.34. The third-order valence-electron chi connectivity index (χ3n) is 2.34. The maximum Gasteiger partial charge on any atom is 0.234 e. The summed E-state index contributed by atoms with van der Waals surface area (Å²) in [6.07, 6.45) is 0.407. The normalized spacial score (nSPS) is 12.2. The molecule has 0 aromatic carbocycles. The van der Waals surface area contributed by atoms with Crippen LogP contribution in [0.25, 0.3) is 0 Å². The number of hydrogen-bond donors (Lipinski definition) is 1. The Morgan fingerprint density at radius 1 is 1.39 bits per heavy atom. The number of ether oxygens (including phenoxy) is 2. The molecule has 104 valence electrons. The highest BCUT2D eigenvalue weighted by Crippen LogP contribution is 1.92. The number of amides is 1. The Morgan fingerprint density at radius 2 is 2.11 bits per heavy atom. The molecule has 6 nitrogen and oxygen atoms in total. The van der Waals surface area contributed by atoms with Crippen LogP contribution in [-0.4, -0.2) is 63.9 Å². The van der Waals surface area contributed by atoms with Crippen LogP contribution >= 0.6 is 0 Å². The van der Waals surface area contributed by atoms with Crippen molar-refractivity contribution in [3.8, 4) is 6.07 Å². The first-order chi connectivity index (χ1) is 8.63. The number of carbonyl (C=O) groups excluding carboxylic acids is 1. The lowest BCUT2D eigenvalue weighted by molar-refractivity contribution is -0.123. The number of nitriles is 1. The predicted molar refractivity (Wildman–Crippen MR) is 68.0 cm³/mol. The smallest absolute Gasteiger partial charge is 0.234 e. The Bertz CT molecular complexity index is 266. The van der Waals surface area contributed by atoms with Gasteiger partial charge in [-0.25, -0.2) is 0 Å². The Labute approximate surface area is 109 Å². The Kier molecular flexibility index (Phi) is 10.3. The number of nitrogens with one attached hydrogen (secondary N) is 1. The van der Waals surface area contributed by atoms with Crippen LogP contribution in [0, 0.1) is 11.3 Å². The molecule has 0 heterocycles. The summed E-state index contributed by atoms with van der Waals surface area (Å²) in [7, 11) is 3.21. The average Bonchev–Trinajstić information content (AvgIpc) is 2.32. The molecule has 0 aliphatic rings. The van der Waals surface area contributed by atoms with Gasteiger partial charge in [-0.15, -0.1) is 0 Å². The molecule has 6 heteroatoms. The summed E-state index contributed by atoms with van der Waals surface area (Å²) in [6, 6.07) is 2.06. The summed E-state index contributed by atoms with van der Waals surface area (Å²) in [5.74, 6) is -0.0615. The van der Waals surface area contributed by atoms with Crippen molar-refractivity contribution < 1.29 is 14.3 Å². The second-order valence-corrected chi connectivity index (χ2v) is 4.10. The molecule has 0 aliphatic carbocycles. The molecule has 0 rings (SSSR count). The second-order valence-electron chi connectivity index (χ2n) is 4.10. The van der Waals surface area contributed by atoms with Gasteiger partial charge in [-0.1, -0.05) is 0 Å². The Hall–Kier alpha value is -1.16. The minimum atomic E-state index is -0.0615. The lowest BCUT2D eigenvalue weighted by atomic mass is 10.3. The van der Waals surface area contributed by atoms with Crippen molar-refractivity contribution in [3.63, 3.8) is 0 Å². The van der Waals surface area contributed by atoms with Crippen molar-refractivity contribution in [2.45, 2.75) is 19.4 Å². The molecule has 1 N–H and O–H groups in total. The molecule has 1 unspecified atom stereocenters. The van der Waals surface area contributed by atoms with E-state index in [1.165, 1.54) is 0 Å². The summed E-state index contributed by atoms with van der Waals surface area (Å²) in [5, 5.41) is 11.4. The molecule has 0 bridgehead atoms. The van der Waals surface area contributed by atoms with Crippen molar-refractivity contribution in [3.05, 3.63) is 0 Å². The van der Waals surface area contributed by atoms with Gasteiger partial charge in [0.25, 0.3) is 0 Å². The molecular formula is C12H23N3O3. The van der Waals surface area contributed by atoms with Gasteiger partial charge in [-0.05, 0) is 6.92 Å². The molecule has 0 fully saturated rings. The molecule has 18 heavy (non-hydrogen) atoms. The lowest BCUT2D eigenvalue weighted by Crippen LogP contribution is -2.43. The molecule has 0 aliphatic heterocycles. The van der Waals surface area contributed by atoms with Gasteiger partial charge in [0.2, 0.25) is 5.91 Å². The monoisotopic (exact) mass is 257 g/mol. The van der Waals surface area contributed by atoms with E-state index in [9.17, 15) is 4.79 Å². The fraction of sp³-hybridized carbons (Fsp3) is 0.833. The molecule has 1 atom stereocenters. The molecular weight excluding hydrogens is 234 g/mol. The number of rotatable bonds is 10. The van der Waals surface area contributed by atoms with E-state index in [4.69, 9.17) is 14.7 Å². The van der Waals surface area contributed by atoms with Crippen LogP contribution in [0.2, 0.25) is 0 Å². The van der Waals surface area contributed by atoms with E-state index in [-0.39, 0.29) is 18.5 Å². The molecule has 0 aromatic heterocycles. The van der Waals surface area contributed by atoms with Gasteiger partial charge in [0.1, 0.15) is 0 Å². The quantitative estimate of drug-likeness (QED) is 0.596. The van der Waals surface area contributed by atoms with Crippen LogP contribution in [0.3, 0.4) is 0 Å². The largest absolute Gasteiger partial charge is 0.383 e. The van der Waals surface area contributed by atoms with E-state index >= 15 is 0 Å². The first-order valence-electron chi connectivity index (χ1n) is 6.00. The van der Waals surface area contributed by atoms with E-state index in [2.05, 4.69) is 11.4 Å². The zero-order valence-electron chi connectivity index (χ0n) is 11.4. The molecule has 0 radical (unpaired) electrons. The highest BCUT2D eigenvalue weighted by atomic mass is 16.5. The van der Waals surface area contributed by atoms with Gasteiger partial charge < -0.3 is 14.8 Å². The van der Waals surface area contributed by atoms with Crippen LogP contribution in [0.5, 0.6) is 0 Å². The SMILES string of the molecule is COCCN(CCC#N)CC(=O)NC(C)COC. The third kappa shape index (κ3) is 8.93. The number of carbonyl (C=O) groups is 1. The maximum absolute atomic E-state index is 11.7. The van der Waals surface area contributed by atoms with Gasteiger partial charge in [0.15, 0.2) is 0 Å². The van der Waals surface area contributed by atoms with Crippen molar-refractivity contribution >= 4 is 5.91 Å². The molecule has 0 spiro atoms. The highest BCUT2D eigenvalue weighted by molar-refractivity contribution is 5.78. The summed E-state index contributed by atoms with van der Waals surface area (Å²) < 4.78 is 9.93. The fourth-order valence-electron chi connectivity index (χ4n) is 1.51. The second kappa shape index (κ2) is 11.0. The minimum absolute atomic E-state index is 0.0114. The van der Waals surface area contributed by atoms with Gasteiger partial charge in [0.05, 0.1) is 25.8 Å². The van der Waals surface area contributed by atoms with Crippen molar-refractivity contribution in [1.29, 1.82) is 5.26 Å². The first kappa shape index (κ1) is 16.8. The zero-order chi connectivity index (χ0) is 13.8. The number of nitrogens with zero attached hydrogens (tertiary/aromatic N) is 2. The van der Waals surface area contributed by atoms with Gasteiger partial charge in [-0.3, -0.25) is 9.69 Å². The van der Waals surface area contributed by atoms with Crippen LogP contribution in [-0.2, 0) is 14.3 Å². The summed E-state index contributed by atoms with van der Waals surface area (Å²) >= 11 is 0. The molecule has 1 amide bonds. The van der Waals surface area contributed by atoms with Crippen LogP contribution in [0.1, 0.15) is 13.3 Å². The summed E-state index contributed by atoms with van der Waals surface area (Å²) in [5.41, 5.74) is 0. The Morgan fingerprint density at radius 3 is 2.67 bits per heavy atom.